The molecule has 0 unspecified atom stereocenters. The van der Waals surface area contributed by atoms with E-state index in [4.69, 9.17) is 10.5 Å². The van der Waals surface area contributed by atoms with Crippen LogP contribution in [0.4, 0.5) is 11.6 Å². The Balaban J connectivity index is 2.33. The van der Waals surface area contributed by atoms with Crippen molar-refractivity contribution in [2.24, 2.45) is 5.73 Å². The molecule has 1 aliphatic rings. The summed E-state index contributed by atoms with van der Waals surface area (Å²) in [6.07, 6.45) is 9.12. The number of primary amides is 1. The number of nitrogens with one attached hydrogen (secondary N) is 3. The van der Waals surface area contributed by atoms with Gasteiger partial charge < -0.3 is 26.4 Å². The summed E-state index contributed by atoms with van der Waals surface area (Å²) in [5, 5.41) is 9.22. The lowest BCUT2D eigenvalue weighted by Gasteiger charge is -2.25. The number of hydrogen-bond acceptors (Lipinski definition) is 7. The third-order valence-corrected chi connectivity index (χ3v) is 4.93. The largest absolute Gasteiger partial charge is 0.381 e. The van der Waals surface area contributed by atoms with Crippen molar-refractivity contribution in [1.29, 1.82) is 0 Å². The average Bonchev–Trinajstić information content (AvgIpc) is 2.78. The van der Waals surface area contributed by atoms with Crippen molar-refractivity contribution in [3.8, 4) is 0 Å². The molecule has 9 nitrogen and oxygen atoms in total. The molecule has 0 saturated carbocycles. The Morgan fingerprint density at radius 2 is 2.03 bits per heavy atom. The Bertz CT molecular complexity index is 844. The van der Waals surface area contributed by atoms with Gasteiger partial charge in [-0.2, -0.15) is 0 Å². The molecule has 0 radical (unpaired) electrons. The van der Waals surface area contributed by atoms with Crippen molar-refractivity contribution in [3.63, 3.8) is 0 Å². The molecule has 168 valence electrons. The number of nitrogens with zero attached hydrogens (tertiary/aromatic N) is 2. The molecule has 0 aliphatic carbocycles. The summed E-state index contributed by atoms with van der Waals surface area (Å²) in [5.41, 5.74) is 7.96. The molecule has 1 aromatic heterocycles. The Kier molecular flexibility index (Phi) is 9.70. The zero-order valence-corrected chi connectivity index (χ0v) is 18.2. The van der Waals surface area contributed by atoms with Crippen LogP contribution in [0.5, 0.6) is 0 Å². The number of aromatic nitrogens is 2. The number of hydrogen-bond donors (Lipinski definition) is 4. The van der Waals surface area contributed by atoms with Crippen molar-refractivity contribution < 1.29 is 14.3 Å². The quantitative estimate of drug-likeness (QED) is 0.228. The van der Waals surface area contributed by atoms with Gasteiger partial charge in [-0.15, -0.1) is 0 Å². The maximum atomic E-state index is 12.1. The highest BCUT2D eigenvalue weighted by molar-refractivity contribution is 5.96. The molecular weight excluding hydrogens is 396 g/mol. The van der Waals surface area contributed by atoms with Crippen molar-refractivity contribution in [1.82, 2.24) is 15.3 Å². The third-order valence-electron chi connectivity index (χ3n) is 4.93. The van der Waals surface area contributed by atoms with Crippen molar-refractivity contribution in [2.45, 2.75) is 45.6 Å². The van der Waals surface area contributed by atoms with Crippen LogP contribution in [0.3, 0.4) is 0 Å². The Labute approximate surface area is 183 Å². The molecule has 1 aromatic rings. The minimum absolute atomic E-state index is 0.0757. The molecule has 2 amide bonds. The van der Waals surface area contributed by atoms with Crippen LogP contribution in [0.15, 0.2) is 36.1 Å². The number of amides is 2. The van der Waals surface area contributed by atoms with Gasteiger partial charge in [0.05, 0.1) is 5.69 Å². The molecule has 2 heterocycles. The highest BCUT2D eigenvalue weighted by atomic mass is 16.5. The van der Waals surface area contributed by atoms with Gasteiger partial charge in [-0.1, -0.05) is 19.6 Å². The fourth-order valence-corrected chi connectivity index (χ4v) is 3.18. The van der Waals surface area contributed by atoms with E-state index < -0.39 is 5.91 Å². The van der Waals surface area contributed by atoms with E-state index in [0.29, 0.717) is 56.2 Å². The van der Waals surface area contributed by atoms with Crippen LogP contribution in [0.2, 0.25) is 0 Å². The van der Waals surface area contributed by atoms with Gasteiger partial charge in [-0.3, -0.25) is 9.59 Å². The molecular formula is C22H32N6O3. The summed E-state index contributed by atoms with van der Waals surface area (Å²) in [7, 11) is 0. The Morgan fingerprint density at radius 1 is 1.29 bits per heavy atom. The van der Waals surface area contributed by atoms with Gasteiger partial charge in [-0.05, 0) is 50.3 Å². The predicted molar refractivity (Wildman–Crippen MR) is 122 cm³/mol. The zero-order chi connectivity index (χ0) is 22.6. The van der Waals surface area contributed by atoms with Crippen LogP contribution in [0.1, 0.15) is 49.3 Å². The van der Waals surface area contributed by atoms with E-state index in [0.717, 1.165) is 18.4 Å². The fraction of sp³-hybridized carbons (Fsp3) is 0.455. The topological polar surface area (TPSA) is 131 Å². The molecule has 0 atom stereocenters. The first kappa shape index (κ1) is 24.1. The molecule has 1 aliphatic heterocycles. The highest BCUT2D eigenvalue weighted by Crippen LogP contribution is 2.23. The minimum Gasteiger partial charge on any atom is -0.381 e. The number of allylic oxidation sites excluding steroid dienone is 3. The van der Waals surface area contributed by atoms with E-state index in [2.05, 4.69) is 32.5 Å². The second-order valence-electron chi connectivity index (χ2n) is 7.08. The number of anilines is 2. The zero-order valence-electron chi connectivity index (χ0n) is 18.2. The van der Waals surface area contributed by atoms with Crippen molar-refractivity contribution >= 4 is 24.0 Å². The summed E-state index contributed by atoms with van der Waals surface area (Å²) in [6.45, 7) is 9.62. The monoisotopic (exact) mass is 428 g/mol. The van der Waals surface area contributed by atoms with Gasteiger partial charge in [-0.25, -0.2) is 9.97 Å². The van der Waals surface area contributed by atoms with E-state index in [1.54, 1.807) is 6.08 Å². The molecule has 9 heteroatoms. The second kappa shape index (κ2) is 12.5. The van der Waals surface area contributed by atoms with Crippen LogP contribution in [-0.4, -0.2) is 48.1 Å². The lowest BCUT2D eigenvalue weighted by Crippen LogP contribution is -2.29. The Hall–Kier alpha value is -3.20. The summed E-state index contributed by atoms with van der Waals surface area (Å²) >= 11 is 0. The standard InChI is InChI=1S/C22H32N6O3/c1-4-15(7-10-24-14-29)13-16(5-2)25-22-19(20(23)30)27-18(6-3)21(28-22)26-17-8-11-31-12-9-17/h4-5,13-14,17H,2,6-12H2,1,3H3,(H2,23,30)(H,24,29)(H2,25,26,28)/b15-4-,16-13+. The molecule has 0 aromatic carbocycles. The maximum absolute atomic E-state index is 12.1. The summed E-state index contributed by atoms with van der Waals surface area (Å²) in [4.78, 5) is 31.7. The van der Waals surface area contributed by atoms with Gasteiger partial charge in [0.15, 0.2) is 17.3 Å². The van der Waals surface area contributed by atoms with Crippen LogP contribution in [0.25, 0.3) is 0 Å². The molecule has 1 fully saturated rings. The molecule has 5 N–H and O–H groups in total. The van der Waals surface area contributed by atoms with E-state index in [9.17, 15) is 9.59 Å². The number of carbonyl (C=O) groups excluding carboxylic acids is 2. The molecule has 31 heavy (non-hydrogen) atoms. The number of nitrogens with two attached hydrogens (primary N) is 1. The summed E-state index contributed by atoms with van der Waals surface area (Å²) in [5.74, 6) is 0.241. The van der Waals surface area contributed by atoms with E-state index >= 15 is 0 Å². The van der Waals surface area contributed by atoms with Gasteiger partial charge in [0.2, 0.25) is 6.41 Å². The van der Waals surface area contributed by atoms with Crippen molar-refractivity contribution in [2.75, 3.05) is 30.4 Å². The molecule has 2 rings (SSSR count). The van der Waals surface area contributed by atoms with E-state index in [1.807, 2.05) is 26.0 Å². The first-order valence-corrected chi connectivity index (χ1v) is 10.5. The van der Waals surface area contributed by atoms with Gasteiger partial charge in [0.25, 0.3) is 5.91 Å². The number of ether oxygens (including phenoxy) is 1. The fourth-order valence-electron chi connectivity index (χ4n) is 3.18. The molecule has 0 spiro atoms. The first-order valence-electron chi connectivity index (χ1n) is 10.5. The van der Waals surface area contributed by atoms with Gasteiger partial charge in [0.1, 0.15) is 0 Å². The van der Waals surface area contributed by atoms with Crippen molar-refractivity contribution in [3.05, 3.63) is 47.5 Å². The van der Waals surface area contributed by atoms with Gasteiger partial charge >= 0.3 is 0 Å². The van der Waals surface area contributed by atoms with Crippen LogP contribution in [0, 0.1) is 0 Å². The number of carbonyl (C=O) groups is 2. The Morgan fingerprint density at radius 3 is 2.61 bits per heavy atom. The number of rotatable bonds is 12. The maximum Gasteiger partial charge on any atom is 0.271 e. The van der Waals surface area contributed by atoms with Crippen LogP contribution >= 0.6 is 0 Å². The normalized spacial score (nSPS) is 15.3. The molecule has 0 bridgehead atoms. The summed E-state index contributed by atoms with van der Waals surface area (Å²) < 4.78 is 5.42. The van der Waals surface area contributed by atoms with E-state index in [1.165, 1.54) is 0 Å². The first-order chi connectivity index (χ1) is 15.0. The van der Waals surface area contributed by atoms with Crippen LogP contribution < -0.4 is 21.7 Å². The lowest BCUT2D eigenvalue weighted by atomic mass is 10.1. The molecule has 1 saturated heterocycles. The van der Waals surface area contributed by atoms with E-state index in [-0.39, 0.29) is 17.6 Å². The summed E-state index contributed by atoms with van der Waals surface area (Å²) in [6, 6.07) is 0.231. The lowest BCUT2D eigenvalue weighted by molar-refractivity contribution is -0.109. The average molecular weight is 429 g/mol. The number of aryl methyl sites for hydroxylation is 1. The minimum atomic E-state index is -0.660. The smallest absolute Gasteiger partial charge is 0.271 e. The SMILES string of the molecule is C=C/C(=C\C(=C/C)CCNC=O)Nc1nc(NC2CCOCC2)c(CC)nc1C(N)=O. The predicted octanol–water partition coefficient (Wildman–Crippen LogP) is 2.29. The van der Waals surface area contributed by atoms with Gasteiger partial charge in [0, 0.05) is 31.5 Å². The third kappa shape index (κ3) is 7.21. The highest BCUT2D eigenvalue weighted by Gasteiger charge is 2.20. The van der Waals surface area contributed by atoms with Crippen LogP contribution in [-0.2, 0) is 16.0 Å². The second-order valence-corrected chi connectivity index (χ2v) is 7.08.